The van der Waals surface area contributed by atoms with Gasteiger partial charge in [0.15, 0.2) is 5.65 Å². The van der Waals surface area contributed by atoms with Crippen LogP contribution < -0.4 is 5.32 Å². The Morgan fingerprint density at radius 2 is 2.11 bits per heavy atom. The van der Waals surface area contributed by atoms with Gasteiger partial charge in [0, 0.05) is 7.05 Å². The van der Waals surface area contributed by atoms with Gasteiger partial charge in [-0.05, 0) is 18.7 Å². The highest BCUT2D eigenvalue weighted by Crippen LogP contribution is 2.29. The first kappa shape index (κ1) is 11.0. The maximum Gasteiger partial charge on any atom is 0.225 e. The molecule has 92 valence electrons. The Morgan fingerprint density at radius 3 is 2.83 bits per heavy atom. The van der Waals surface area contributed by atoms with Gasteiger partial charge in [-0.1, -0.05) is 0 Å². The van der Waals surface area contributed by atoms with Crippen molar-refractivity contribution in [1.82, 2.24) is 35.3 Å². The quantitative estimate of drug-likeness (QED) is 0.603. The van der Waals surface area contributed by atoms with E-state index >= 15 is 0 Å². The van der Waals surface area contributed by atoms with Crippen molar-refractivity contribution in [3.8, 4) is 0 Å². The third-order valence-electron chi connectivity index (χ3n) is 2.26. The minimum Gasteiger partial charge on any atom is -0.357 e. The van der Waals surface area contributed by atoms with Crippen LogP contribution in [0.25, 0.3) is 11.0 Å². The van der Waals surface area contributed by atoms with E-state index in [1.54, 1.807) is 13.2 Å². The molecule has 0 fully saturated rings. The summed E-state index contributed by atoms with van der Waals surface area (Å²) in [5, 5.41) is 18.8. The predicted octanol–water partition coefficient (Wildman–Crippen LogP) is 0.972. The van der Waals surface area contributed by atoms with Crippen molar-refractivity contribution < 1.29 is 0 Å². The molecule has 0 aliphatic rings. The van der Waals surface area contributed by atoms with Crippen LogP contribution in [0.2, 0.25) is 0 Å². The fourth-order valence-corrected chi connectivity index (χ4v) is 2.29. The third-order valence-corrected chi connectivity index (χ3v) is 3.13. The van der Waals surface area contributed by atoms with Crippen molar-refractivity contribution in [2.45, 2.75) is 17.1 Å². The lowest BCUT2D eigenvalue weighted by molar-refractivity contribution is 0.964. The highest BCUT2D eigenvalue weighted by atomic mass is 32.2. The van der Waals surface area contributed by atoms with Crippen LogP contribution in [0.4, 0.5) is 5.95 Å². The highest BCUT2D eigenvalue weighted by Gasteiger charge is 2.12. The van der Waals surface area contributed by atoms with Crippen LogP contribution in [-0.2, 0) is 0 Å². The van der Waals surface area contributed by atoms with Gasteiger partial charge in [0.2, 0.25) is 11.1 Å². The first-order valence-corrected chi connectivity index (χ1v) is 6.03. The van der Waals surface area contributed by atoms with E-state index in [0.717, 1.165) is 16.2 Å². The Kier molecular flexibility index (Phi) is 2.59. The molecule has 9 heteroatoms. The van der Waals surface area contributed by atoms with Crippen LogP contribution in [0.1, 0.15) is 5.82 Å². The predicted molar refractivity (Wildman–Crippen MR) is 66.5 cm³/mol. The minimum atomic E-state index is 0.529. The van der Waals surface area contributed by atoms with Crippen molar-refractivity contribution >= 4 is 28.7 Å². The van der Waals surface area contributed by atoms with Crippen molar-refractivity contribution in [3.63, 3.8) is 0 Å². The number of aromatic amines is 2. The average molecular weight is 262 g/mol. The van der Waals surface area contributed by atoms with E-state index in [-0.39, 0.29) is 0 Å². The molecule has 0 spiro atoms. The van der Waals surface area contributed by atoms with Crippen molar-refractivity contribution in [1.29, 1.82) is 0 Å². The lowest BCUT2D eigenvalue weighted by atomic mass is 10.4. The number of H-pyrrole nitrogens is 2. The highest BCUT2D eigenvalue weighted by molar-refractivity contribution is 7.99. The number of nitrogens with one attached hydrogen (secondary N) is 3. The van der Waals surface area contributed by atoms with E-state index in [2.05, 4.69) is 40.7 Å². The van der Waals surface area contributed by atoms with E-state index in [4.69, 9.17) is 0 Å². The van der Waals surface area contributed by atoms with E-state index in [1.165, 1.54) is 11.8 Å². The molecular weight excluding hydrogens is 252 g/mol. The zero-order chi connectivity index (χ0) is 12.5. The van der Waals surface area contributed by atoms with Gasteiger partial charge in [-0.3, -0.25) is 10.2 Å². The summed E-state index contributed by atoms with van der Waals surface area (Å²) in [6.07, 6.45) is 1.69. The molecule has 0 radical (unpaired) electrons. The van der Waals surface area contributed by atoms with E-state index in [0.29, 0.717) is 16.8 Å². The monoisotopic (exact) mass is 262 g/mol. The number of aryl methyl sites for hydroxylation is 1. The Hall–Kier alpha value is -2.16. The van der Waals surface area contributed by atoms with Gasteiger partial charge in [0.05, 0.1) is 11.6 Å². The number of fused-ring (bicyclic) bond motifs is 1. The lowest BCUT2D eigenvalue weighted by Gasteiger charge is -2.02. The maximum absolute atomic E-state index is 4.38. The first-order chi connectivity index (χ1) is 8.76. The van der Waals surface area contributed by atoms with Gasteiger partial charge in [0.1, 0.15) is 10.9 Å². The van der Waals surface area contributed by atoms with Crippen LogP contribution in [-0.4, -0.2) is 42.4 Å². The second-order valence-electron chi connectivity index (χ2n) is 3.54. The second-order valence-corrected chi connectivity index (χ2v) is 4.50. The average Bonchev–Trinajstić information content (AvgIpc) is 2.98. The first-order valence-electron chi connectivity index (χ1n) is 5.22. The van der Waals surface area contributed by atoms with Gasteiger partial charge in [-0.2, -0.15) is 10.1 Å². The zero-order valence-electron chi connectivity index (χ0n) is 9.72. The summed E-state index contributed by atoms with van der Waals surface area (Å²) in [4.78, 5) is 12.9. The molecule has 0 saturated carbocycles. The summed E-state index contributed by atoms with van der Waals surface area (Å²) in [5.41, 5.74) is 0.684. The molecule has 3 N–H and O–H groups in total. The normalized spacial score (nSPS) is 11.0. The molecule has 3 heterocycles. The minimum absolute atomic E-state index is 0.529. The van der Waals surface area contributed by atoms with Crippen LogP contribution in [0.3, 0.4) is 0 Å². The number of nitrogens with zero attached hydrogens (tertiary/aromatic N) is 5. The van der Waals surface area contributed by atoms with Crippen LogP contribution in [0.15, 0.2) is 16.4 Å². The van der Waals surface area contributed by atoms with Crippen molar-refractivity contribution in [2.75, 3.05) is 12.4 Å². The number of hydrogen-bond donors (Lipinski definition) is 3. The maximum atomic E-state index is 4.38. The Morgan fingerprint density at radius 1 is 1.22 bits per heavy atom. The summed E-state index contributed by atoms with van der Waals surface area (Å²) >= 11 is 1.37. The summed E-state index contributed by atoms with van der Waals surface area (Å²) in [6.45, 7) is 1.85. The second kappa shape index (κ2) is 4.26. The molecular formula is C9H10N8S. The third kappa shape index (κ3) is 1.88. The van der Waals surface area contributed by atoms with Gasteiger partial charge in [0.25, 0.3) is 0 Å². The summed E-state index contributed by atoms with van der Waals surface area (Å²) < 4.78 is 0. The molecule has 3 aromatic rings. The number of rotatable bonds is 3. The molecule has 3 aromatic heterocycles. The van der Waals surface area contributed by atoms with E-state index in [9.17, 15) is 0 Å². The molecule has 0 saturated heterocycles. The standard InChI is InChI=1S/C9H10N8S/c1-4-12-9(17-15-4)18-7-5-3-11-16-6(5)13-8(10-2)14-7/h3H,1-2H3,(H,12,15,17)(H2,10,11,13,14,16). The fraction of sp³-hybridized carbons (Fsp3) is 0.222. The van der Waals surface area contributed by atoms with Crippen molar-refractivity contribution in [2.24, 2.45) is 0 Å². The zero-order valence-corrected chi connectivity index (χ0v) is 10.5. The van der Waals surface area contributed by atoms with Gasteiger partial charge < -0.3 is 5.32 Å². The summed E-state index contributed by atoms with van der Waals surface area (Å²) in [7, 11) is 1.77. The number of aromatic nitrogens is 7. The van der Waals surface area contributed by atoms with E-state index < -0.39 is 0 Å². The molecule has 18 heavy (non-hydrogen) atoms. The molecule has 0 amide bonds. The topological polar surface area (TPSA) is 108 Å². The van der Waals surface area contributed by atoms with Crippen LogP contribution in [0.5, 0.6) is 0 Å². The van der Waals surface area contributed by atoms with Crippen LogP contribution >= 0.6 is 11.8 Å². The SMILES string of the molecule is CNc1nc(Sc2n[nH]c(C)n2)c2cn[nH]c2n1. The summed E-state index contributed by atoms with van der Waals surface area (Å²) in [5.74, 6) is 1.30. The number of hydrogen-bond acceptors (Lipinski definition) is 7. The molecule has 0 aromatic carbocycles. The molecule has 8 nitrogen and oxygen atoms in total. The van der Waals surface area contributed by atoms with Crippen molar-refractivity contribution in [3.05, 3.63) is 12.0 Å². The molecule has 0 unspecified atom stereocenters. The molecule has 0 atom stereocenters. The van der Waals surface area contributed by atoms with Gasteiger partial charge in [-0.25, -0.2) is 9.97 Å². The molecule has 0 aliphatic heterocycles. The van der Waals surface area contributed by atoms with Crippen LogP contribution in [0, 0.1) is 6.92 Å². The largest absolute Gasteiger partial charge is 0.357 e. The Bertz CT molecular complexity index is 687. The summed E-state index contributed by atoms with van der Waals surface area (Å²) in [6, 6.07) is 0. The molecule has 0 bridgehead atoms. The molecule has 3 rings (SSSR count). The van der Waals surface area contributed by atoms with Gasteiger partial charge in [-0.15, -0.1) is 5.10 Å². The van der Waals surface area contributed by atoms with E-state index in [1.807, 2.05) is 6.92 Å². The number of anilines is 1. The van der Waals surface area contributed by atoms with Gasteiger partial charge >= 0.3 is 0 Å². The molecule has 0 aliphatic carbocycles. The fourth-order valence-electron chi connectivity index (χ4n) is 1.45. The Balaban J connectivity index is 2.06. The smallest absolute Gasteiger partial charge is 0.225 e. The Labute approximate surface area is 106 Å². The lowest BCUT2D eigenvalue weighted by Crippen LogP contribution is -1.98.